The quantitative estimate of drug-likeness (QED) is 0.597. The van der Waals surface area contributed by atoms with E-state index in [4.69, 9.17) is 4.74 Å². The topological polar surface area (TPSA) is 111 Å². The standard InChI is InChI=1S/C19H23N5O4/c1-11(2)28-14-7-5-13(6-8-14)10-20-18-22-19-21-12(3)15(9-16(25)27-4)17(26)24(19)23-18/h5-8,11H,9-10H2,1-4H3,(H2,20,21,22,23). The van der Waals surface area contributed by atoms with Crippen molar-refractivity contribution in [3.05, 3.63) is 51.4 Å². The lowest BCUT2D eigenvalue weighted by molar-refractivity contribution is -0.139. The summed E-state index contributed by atoms with van der Waals surface area (Å²) in [7, 11) is 1.28. The van der Waals surface area contributed by atoms with Gasteiger partial charge in [-0.3, -0.25) is 14.7 Å². The molecule has 3 rings (SSSR count). The third-order valence-corrected chi connectivity index (χ3v) is 4.10. The van der Waals surface area contributed by atoms with E-state index in [1.807, 2.05) is 38.1 Å². The molecule has 0 spiro atoms. The third-order valence-electron chi connectivity index (χ3n) is 4.10. The Morgan fingerprint density at radius 1 is 1.25 bits per heavy atom. The lowest BCUT2D eigenvalue weighted by Gasteiger charge is -2.10. The highest BCUT2D eigenvalue weighted by atomic mass is 16.5. The Morgan fingerprint density at radius 3 is 2.61 bits per heavy atom. The number of aromatic nitrogens is 4. The number of benzene rings is 1. The van der Waals surface area contributed by atoms with Crippen LogP contribution >= 0.6 is 0 Å². The molecule has 0 saturated carbocycles. The van der Waals surface area contributed by atoms with Crippen molar-refractivity contribution in [2.45, 2.75) is 39.8 Å². The van der Waals surface area contributed by atoms with E-state index in [1.54, 1.807) is 6.92 Å². The number of aryl methyl sites for hydroxylation is 1. The van der Waals surface area contributed by atoms with Crippen molar-refractivity contribution in [3.8, 4) is 5.75 Å². The molecule has 0 bridgehead atoms. The second-order valence-corrected chi connectivity index (χ2v) is 6.61. The molecule has 2 heterocycles. The van der Waals surface area contributed by atoms with E-state index in [0.717, 1.165) is 11.3 Å². The van der Waals surface area contributed by atoms with Crippen molar-refractivity contribution in [2.24, 2.45) is 0 Å². The summed E-state index contributed by atoms with van der Waals surface area (Å²) < 4.78 is 11.5. The zero-order valence-corrected chi connectivity index (χ0v) is 16.3. The predicted molar refractivity (Wildman–Crippen MR) is 104 cm³/mol. The number of ether oxygens (including phenoxy) is 2. The van der Waals surface area contributed by atoms with E-state index in [0.29, 0.717) is 18.2 Å². The van der Waals surface area contributed by atoms with Gasteiger partial charge < -0.3 is 14.8 Å². The Hall–Kier alpha value is -3.36. The van der Waals surface area contributed by atoms with E-state index in [9.17, 15) is 9.59 Å². The summed E-state index contributed by atoms with van der Waals surface area (Å²) in [4.78, 5) is 32.7. The number of fused-ring (bicyclic) bond motifs is 1. The highest BCUT2D eigenvalue weighted by molar-refractivity contribution is 5.72. The van der Waals surface area contributed by atoms with Crippen LogP contribution in [0.25, 0.3) is 5.78 Å². The first kappa shape index (κ1) is 19.4. The van der Waals surface area contributed by atoms with Crippen molar-refractivity contribution in [2.75, 3.05) is 12.4 Å². The molecule has 0 aliphatic heterocycles. The van der Waals surface area contributed by atoms with Crippen LogP contribution in [0.15, 0.2) is 29.1 Å². The lowest BCUT2D eigenvalue weighted by atomic mass is 10.2. The smallest absolute Gasteiger partial charge is 0.310 e. The second kappa shape index (κ2) is 8.12. The lowest BCUT2D eigenvalue weighted by Crippen LogP contribution is -2.24. The number of aromatic amines is 1. The van der Waals surface area contributed by atoms with Gasteiger partial charge in [-0.1, -0.05) is 12.1 Å². The number of H-pyrrole nitrogens is 1. The molecule has 9 heteroatoms. The van der Waals surface area contributed by atoms with Crippen molar-refractivity contribution >= 4 is 17.7 Å². The normalized spacial score (nSPS) is 11.0. The fourth-order valence-electron chi connectivity index (χ4n) is 2.70. The number of anilines is 1. The van der Waals surface area contributed by atoms with Gasteiger partial charge in [-0.25, -0.2) is 4.98 Å². The molecule has 1 aromatic carbocycles. The summed E-state index contributed by atoms with van der Waals surface area (Å²) in [5.74, 6) is 0.956. The molecule has 2 aromatic heterocycles. The van der Waals surface area contributed by atoms with E-state index in [2.05, 4.69) is 25.1 Å². The number of methoxy groups -OCH3 is 1. The van der Waals surface area contributed by atoms with E-state index in [-0.39, 0.29) is 29.4 Å². The maximum absolute atomic E-state index is 12.6. The SMILES string of the molecule is COC(=O)Cc1c(C)nc2nc(NCc3ccc(OC(C)C)cc3)[nH]n2c1=O. The fraction of sp³-hybridized carbons (Fsp3) is 0.368. The zero-order chi connectivity index (χ0) is 20.3. The highest BCUT2D eigenvalue weighted by Gasteiger charge is 2.16. The molecule has 28 heavy (non-hydrogen) atoms. The first-order valence-electron chi connectivity index (χ1n) is 8.92. The average Bonchev–Trinajstić information content (AvgIpc) is 3.07. The van der Waals surface area contributed by atoms with Crippen LogP contribution in [0.5, 0.6) is 5.75 Å². The first-order valence-corrected chi connectivity index (χ1v) is 8.92. The second-order valence-electron chi connectivity index (χ2n) is 6.61. The summed E-state index contributed by atoms with van der Waals surface area (Å²) in [5, 5.41) is 6.00. The molecule has 0 aliphatic rings. The molecule has 0 fully saturated rings. The molecule has 148 valence electrons. The van der Waals surface area contributed by atoms with Gasteiger partial charge in [-0.05, 0) is 38.5 Å². The fourth-order valence-corrected chi connectivity index (χ4v) is 2.70. The van der Waals surface area contributed by atoms with Crippen molar-refractivity contribution in [3.63, 3.8) is 0 Å². The number of nitrogens with one attached hydrogen (secondary N) is 2. The molecule has 0 radical (unpaired) electrons. The number of hydrogen-bond donors (Lipinski definition) is 2. The number of rotatable bonds is 7. The van der Waals surface area contributed by atoms with Crippen LogP contribution in [0.4, 0.5) is 5.95 Å². The molecule has 0 amide bonds. The monoisotopic (exact) mass is 385 g/mol. The molecular weight excluding hydrogens is 362 g/mol. The molecule has 3 aromatic rings. The number of hydrogen-bond acceptors (Lipinski definition) is 7. The molecular formula is C19H23N5O4. The summed E-state index contributed by atoms with van der Waals surface area (Å²) in [6, 6.07) is 7.72. The number of nitrogens with zero attached hydrogens (tertiary/aromatic N) is 3. The minimum absolute atomic E-state index is 0.123. The predicted octanol–water partition coefficient (Wildman–Crippen LogP) is 1.84. The van der Waals surface area contributed by atoms with Crippen LogP contribution < -0.4 is 15.6 Å². The van der Waals surface area contributed by atoms with Gasteiger partial charge in [-0.15, -0.1) is 0 Å². The zero-order valence-electron chi connectivity index (χ0n) is 16.3. The van der Waals surface area contributed by atoms with Gasteiger partial charge in [0.1, 0.15) is 5.75 Å². The van der Waals surface area contributed by atoms with Crippen LogP contribution in [0.1, 0.15) is 30.7 Å². The van der Waals surface area contributed by atoms with Crippen molar-refractivity contribution < 1.29 is 14.3 Å². The maximum Gasteiger partial charge on any atom is 0.310 e. The first-order chi connectivity index (χ1) is 13.4. The molecule has 0 atom stereocenters. The average molecular weight is 385 g/mol. The van der Waals surface area contributed by atoms with Crippen LogP contribution in [-0.2, 0) is 22.5 Å². The molecule has 0 unspecified atom stereocenters. The Labute approximate surface area is 161 Å². The van der Waals surface area contributed by atoms with Crippen molar-refractivity contribution in [1.29, 1.82) is 0 Å². The van der Waals surface area contributed by atoms with Crippen molar-refractivity contribution in [1.82, 2.24) is 19.6 Å². The molecule has 0 saturated heterocycles. The Bertz CT molecular complexity index is 1040. The minimum atomic E-state index is -0.496. The number of carbonyl (C=O) groups is 1. The maximum atomic E-state index is 12.6. The third kappa shape index (κ3) is 4.30. The van der Waals surface area contributed by atoms with Crippen LogP contribution in [0.3, 0.4) is 0 Å². The molecule has 0 aliphatic carbocycles. The van der Waals surface area contributed by atoms with Gasteiger partial charge in [0, 0.05) is 6.54 Å². The Morgan fingerprint density at radius 2 is 1.96 bits per heavy atom. The van der Waals surface area contributed by atoms with E-state index >= 15 is 0 Å². The van der Waals surface area contributed by atoms with E-state index in [1.165, 1.54) is 11.6 Å². The highest BCUT2D eigenvalue weighted by Crippen LogP contribution is 2.15. The summed E-state index contributed by atoms with van der Waals surface area (Å²) >= 11 is 0. The Kier molecular flexibility index (Phi) is 5.62. The molecule has 2 N–H and O–H groups in total. The van der Waals surface area contributed by atoms with E-state index < -0.39 is 5.97 Å². The summed E-state index contributed by atoms with van der Waals surface area (Å²) in [6.45, 7) is 6.13. The van der Waals surface area contributed by atoms with Gasteiger partial charge in [-0.2, -0.15) is 9.50 Å². The summed E-state index contributed by atoms with van der Waals surface area (Å²) in [6.07, 6.45) is -0.0122. The minimum Gasteiger partial charge on any atom is -0.491 e. The largest absolute Gasteiger partial charge is 0.491 e. The van der Waals surface area contributed by atoms with Crippen LogP contribution in [0.2, 0.25) is 0 Å². The summed E-state index contributed by atoms with van der Waals surface area (Å²) in [5.41, 5.74) is 1.39. The van der Waals surface area contributed by atoms with Gasteiger partial charge in [0.2, 0.25) is 5.95 Å². The number of carbonyl (C=O) groups excluding carboxylic acids is 1. The van der Waals surface area contributed by atoms with Gasteiger partial charge in [0.25, 0.3) is 11.3 Å². The van der Waals surface area contributed by atoms with Gasteiger partial charge in [0.15, 0.2) is 0 Å². The van der Waals surface area contributed by atoms with Gasteiger partial charge in [0.05, 0.1) is 30.9 Å². The van der Waals surface area contributed by atoms with Crippen LogP contribution in [0, 0.1) is 6.92 Å². The van der Waals surface area contributed by atoms with Gasteiger partial charge >= 0.3 is 5.97 Å². The molecule has 9 nitrogen and oxygen atoms in total. The Balaban J connectivity index is 1.76. The number of esters is 1. The van der Waals surface area contributed by atoms with Crippen LogP contribution in [-0.4, -0.2) is 38.8 Å².